The second-order valence-electron chi connectivity index (χ2n) is 6.44. The summed E-state index contributed by atoms with van der Waals surface area (Å²) in [4.78, 5) is 12.4. The van der Waals surface area contributed by atoms with E-state index in [9.17, 15) is 13.2 Å². The highest BCUT2D eigenvalue weighted by molar-refractivity contribution is 9.10. The number of hydrogen-bond acceptors (Lipinski definition) is 3. The topological polar surface area (TPSA) is 66.5 Å². The standard InChI is InChI=1S/C17H25BrN2O3S/c1-13(14-7-6-8-15(18)11-14)19-17(21)12-20(24(2,22)23)16-9-4-3-5-10-16/h6-8,11,13,16H,3-5,9-10,12H2,1-2H3,(H,19,21). The molecule has 0 radical (unpaired) electrons. The summed E-state index contributed by atoms with van der Waals surface area (Å²) < 4.78 is 26.5. The number of benzene rings is 1. The van der Waals surface area contributed by atoms with Crippen LogP contribution in [-0.4, -0.2) is 37.5 Å². The maximum absolute atomic E-state index is 12.4. The van der Waals surface area contributed by atoms with E-state index in [1.807, 2.05) is 31.2 Å². The van der Waals surface area contributed by atoms with Crippen molar-refractivity contribution < 1.29 is 13.2 Å². The zero-order valence-electron chi connectivity index (χ0n) is 14.2. The molecule has 0 spiro atoms. The van der Waals surface area contributed by atoms with E-state index in [-0.39, 0.29) is 24.5 Å². The van der Waals surface area contributed by atoms with Crippen LogP contribution >= 0.6 is 15.9 Å². The summed E-state index contributed by atoms with van der Waals surface area (Å²) >= 11 is 3.41. The second kappa shape index (κ2) is 8.45. The lowest BCUT2D eigenvalue weighted by Crippen LogP contribution is -2.46. The Balaban J connectivity index is 2.02. The van der Waals surface area contributed by atoms with Crippen molar-refractivity contribution in [3.63, 3.8) is 0 Å². The summed E-state index contributed by atoms with van der Waals surface area (Å²) in [7, 11) is -3.40. The molecule has 0 bridgehead atoms. The molecule has 24 heavy (non-hydrogen) atoms. The van der Waals surface area contributed by atoms with Gasteiger partial charge in [0.25, 0.3) is 0 Å². The molecular formula is C17H25BrN2O3S. The number of nitrogens with one attached hydrogen (secondary N) is 1. The zero-order chi connectivity index (χ0) is 17.7. The number of carbonyl (C=O) groups excluding carboxylic acids is 1. The highest BCUT2D eigenvalue weighted by Crippen LogP contribution is 2.24. The van der Waals surface area contributed by atoms with E-state index in [0.717, 1.165) is 42.1 Å². The van der Waals surface area contributed by atoms with Crippen LogP contribution in [0.3, 0.4) is 0 Å². The molecule has 0 heterocycles. The summed E-state index contributed by atoms with van der Waals surface area (Å²) in [5.41, 5.74) is 0.973. The van der Waals surface area contributed by atoms with Crippen LogP contribution in [-0.2, 0) is 14.8 Å². The van der Waals surface area contributed by atoms with Crippen LogP contribution in [0.2, 0.25) is 0 Å². The van der Waals surface area contributed by atoms with Crippen LogP contribution in [0.4, 0.5) is 0 Å². The molecule has 1 amide bonds. The number of rotatable bonds is 6. The molecule has 0 aromatic heterocycles. The van der Waals surface area contributed by atoms with E-state index in [0.29, 0.717) is 0 Å². The Hall–Kier alpha value is -0.920. The molecule has 0 saturated heterocycles. The fourth-order valence-electron chi connectivity index (χ4n) is 3.17. The van der Waals surface area contributed by atoms with Gasteiger partial charge in [0.2, 0.25) is 15.9 Å². The van der Waals surface area contributed by atoms with Gasteiger partial charge < -0.3 is 5.32 Å². The first-order chi connectivity index (χ1) is 11.3. The van der Waals surface area contributed by atoms with Gasteiger partial charge in [-0.3, -0.25) is 4.79 Å². The average Bonchev–Trinajstić information content (AvgIpc) is 2.52. The summed E-state index contributed by atoms with van der Waals surface area (Å²) in [6, 6.07) is 7.48. The fourth-order valence-corrected chi connectivity index (χ4v) is 4.70. The van der Waals surface area contributed by atoms with Gasteiger partial charge in [0, 0.05) is 10.5 Å². The molecule has 1 unspecified atom stereocenters. The fraction of sp³-hybridized carbons (Fsp3) is 0.588. The van der Waals surface area contributed by atoms with Crippen LogP contribution < -0.4 is 5.32 Å². The third kappa shape index (κ3) is 5.57. The van der Waals surface area contributed by atoms with E-state index < -0.39 is 10.0 Å². The Bertz CT molecular complexity index is 672. The Morgan fingerprint density at radius 3 is 2.58 bits per heavy atom. The maximum Gasteiger partial charge on any atom is 0.235 e. The predicted octanol–water partition coefficient (Wildman–Crippen LogP) is 3.22. The van der Waals surface area contributed by atoms with Crippen molar-refractivity contribution in [2.24, 2.45) is 0 Å². The first kappa shape index (κ1) is 19.4. The van der Waals surface area contributed by atoms with E-state index in [2.05, 4.69) is 21.2 Å². The van der Waals surface area contributed by atoms with Crippen molar-refractivity contribution in [2.45, 2.75) is 51.1 Å². The smallest absolute Gasteiger partial charge is 0.235 e. The van der Waals surface area contributed by atoms with Crippen LogP contribution in [0.15, 0.2) is 28.7 Å². The van der Waals surface area contributed by atoms with Crippen molar-refractivity contribution in [1.29, 1.82) is 0 Å². The summed E-state index contributed by atoms with van der Waals surface area (Å²) in [5.74, 6) is -0.265. The summed E-state index contributed by atoms with van der Waals surface area (Å²) in [5, 5.41) is 2.90. The molecule has 2 rings (SSSR count). The molecule has 5 nitrogen and oxygen atoms in total. The van der Waals surface area contributed by atoms with E-state index >= 15 is 0 Å². The molecule has 1 fully saturated rings. The molecule has 1 N–H and O–H groups in total. The Kier molecular flexibility index (Phi) is 6.83. The minimum absolute atomic E-state index is 0.0549. The van der Waals surface area contributed by atoms with Crippen LogP contribution in [0.25, 0.3) is 0 Å². The highest BCUT2D eigenvalue weighted by Gasteiger charge is 2.30. The predicted molar refractivity (Wildman–Crippen MR) is 99.1 cm³/mol. The molecule has 1 aromatic carbocycles. The quantitative estimate of drug-likeness (QED) is 0.773. The third-order valence-corrected chi connectivity index (χ3v) is 6.21. The molecule has 0 aliphatic heterocycles. The van der Waals surface area contributed by atoms with E-state index in [1.165, 1.54) is 10.6 Å². The first-order valence-electron chi connectivity index (χ1n) is 8.29. The van der Waals surface area contributed by atoms with Gasteiger partial charge >= 0.3 is 0 Å². The third-order valence-electron chi connectivity index (χ3n) is 4.43. The van der Waals surface area contributed by atoms with Gasteiger partial charge in [0.05, 0.1) is 18.8 Å². The molecule has 1 aliphatic carbocycles. The van der Waals surface area contributed by atoms with Crippen molar-refractivity contribution >= 4 is 31.9 Å². The molecule has 1 atom stereocenters. The lowest BCUT2D eigenvalue weighted by Gasteiger charge is -2.32. The van der Waals surface area contributed by atoms with Crippen molar-refractivity contribution in [3.8, 4) is 0 Å². The highest BCUT2D eigenvalue weighted by atomic mass is 79.9. The van der Waals surface area contributed by atoms with Crippen molar-refractivity contribution in [2.75, 3.05) is 12.8 Å². The van der Waals surface area contributed by atoms with Gasteiger partial charge in [-0.1, -0.05) is 47.3 Å². The van der Waals surface area contributed by atoms with E-state index in [1.54, 1.807) is 0 Å². The van der Waals surface area contributed by atoms with Crippen LogP contribution in [0.1, 0.15) is 50.6 Å². The van der Waals surface area contributed by atoms with Gasteiger partial charge in [-0.25, -0.2) is 8.42 Å². The lowest BCUT2D eigenvalue weighted by atomic mass is 9.95. The Morgan fingerprint density at radius 1 is 1.33 bits per heavy atom. The van der Waals surface area contributed by atoms with Crippen molar-refractivity contribution in [3.05, 3.63) is 34.3 Å². The van der Waals surface area contributed by atoms with E-state index in [4.69, 9.17) is 0 Å². The molecule has 7 heteroatoms. The Labute approximate surface area is 153 Å². The number of halogens is 1. The van der Waals surface area contributed by atoms with Gasteiger partial charge in [0.15, 0.2) is 0 Å². The summed E-state index contributed by atoms with van der Waals surface area (Å²) in [6.45, 7) is 1.78. The monoisotopic (exact) mass is 416 g/mol. The maximum atomic E-state index is 12.4. The van der Waals surface area contributed by atoms with Crippen molar-refractivity contribution in [1.82, 2.24) is 9.62 Å². The van der Waals surface area contributed by atoms with Gasteiger partial charge in [-0.05, 0) is 37.5 Å². The molecule has 1 aromatic rings. The Morgan fingerprint density at radius 2 is 2.00 bits per heavy atom. The molecular weight excluding hydrogens is 392 g/mol. The largest absolute Gasteiger partial charge is 0.348 e. The average molecular weight is 417 g/mol. The number of hydrogen-bond donors (Lipinski definition) is 1. The van der Waals surface area contributed by atoms with Gasteiger partial charge in [-0.2, -0.15) is 4.31 Å². The molecule has 1 aliphatic rings. The number of carbonyl (C=O) groups is 1. The minimum Gasteiger partial charge on any atom is -0.348 e. The second-order valence-corrected chi connectivity index (χ2v) is 9.29. The first-order valence-corrected chi connectivity index (χ1v) is 10.9. The SMILES string of the molecule is CC(NC(=O)CN(C1CCCCC1)S(C)(=O)=O)c1cccc(Br)c1. The van der Waals surface area contributed by atoms with Crippen LogP contribution in [0.5, 0.6) is 0 Å². The molecule has 1 saturated carbocycles. The van der Waals surface area contributed by atoms with Gasteiger partial charge in [0.1, 0.15) is 0 Å². The van der Waals surface area contributed by atoms with Gasteiger partial charge in [-0.15, -0.1) is 0 Å². The normalized spacial score (nSPS) is 17.7. The molecule has 134 valence electrons. The number of nitrogens with zero attached hydrogens (tertiary/aromatic N) is 1. The number of amides is 1. The number of sulfonamides is 1. The van der Waals surface area contributed by atoms with Crippen LogP contribution in [0, 0.1) is 0 Å². The summed E-state index contributed by atoms with van der Waals surface area (Å²) in [6.07, 6.45) is 6.04. The minimum atomic E-state index is -3.40. The lowest BCUT2D eigenvalue weighted by molar-refractivity contribution is -0.122. The zero-order valence-corrected chi connectivity index (χ0v) is 16.6.